The van der Waals surface area contributed by atoms with E-state index in [1.807, 2.05) is 19.1 Å². The molecule has 0 fully saturated rings. The fourth-order valence-electron chi connectivity index (χ4n) is 1.22. The summed E-state index contributed by atoms with van der Waals surface area (Å²) in [5, 5.41) is 9.69. The number of hydrogen-bond acceptors (Lipinski definition) is 3. The van der Waals surface area contributed by atoms with Gasteiger partial charge < -0.3 is 15.6 Å². The number of benzene rings is 1. The zero-order valence-corrected chi connectivity index (χ0v) is 7.95. The van der Waals surface area contributed by atoms with E-state index < -0.39 is 0 Å². The summed E-state index contributed by atoms with van der Waals surface area (Å²) in [6, 6.07) is 5.21. The second-order valence-corrected chi connectivity index (χ2v) is 2.91. The van der Waals surface area contributed by atoms with Gasteiger partial charge in [0, 0.05) is 11.6 Å². The average Bonchev–Trinajstić information content (AvgIpc) is 2.17. The number of methoxy groups -OCH3 is 1. The molecule has 0 aliphatic rings. The number of rotatable bonds is 3. The molecule has 0 bridgehead atoms. The fraction of sp³-hybridized carbons (Fsp3) is 0.400. The van der Waals surface area contributed by atoms with Crippen molar-refractivity contribution in [2.45, 2.75) is 19.4 Å². The highest BCUT2D eigenvalue weighted by Crippen LogP contribution is 2.33. The summed E-state index contributed by atoms with van der Waals surface area (Å²) in [7, 11) is 1.52. The molecule has 0 saturated carbocycles. The van der Waals surface area contributed by atoms with Gasteiger partial charge in [-0.15, -0.1) is 0 Å². The largest absolute Gasteiger partial charge is 0.504 e. The second kappa shape index (κ2) is 4.14. The van der Waals surface area contributed by atoms with Gasteiger partial charge in [-0.3, -0.25) is 0 Å². The van der Waals surface area contributed by atoms with E-state index in [1.165, 1.54) is 7.11 Å². The summed E-state index contributed by atoms with van der Waals surface area (Å²) < 4.78 is 4.97. The number of nitrogens with two attached hydrogens (primary N) is 1. The van der Waals surface area contributed by atoms with Crippen molar-refractivity contribution in [2.75, 3.05) is 7.11 Å². The fourth-order valence-corrected chi connectivity index (χ4v) is 1.22. The normalized spacial score (nSPS) is 12.5. The predicted octanol–water partition coefficient (Wildman–Crippen LogP) is 1.81. The second-order valence-electron chi connectivity index (χ2n) is 2.91. The lowest BCUT2D eigenvalue weighted by atomic mass is 10.0. The van der Waals surface area contributed by atoms with Gasteiger partial charge >= 0.3 is 0 Å². The monoisotopic (exact) mass is 181 g/mol. The molecule has 0 radical (unpaired) electrons. The lowest BCUT2D eigenvalue weighted by Gasteiger charge is -2.13. The van der Waals surface area contributed by atoms with Gasteiger partial charge in [-0.05, 0) is 12.5 Å². The molecule has 0 unspecified atom stereocenters. The van der Waals surface area contributed by atoms with E-state index in [0.29, 0.717) is 5.75 Å². The van der Waals surface area contributed by atoms with E-state index in [4.69, 9.17) is 10.5 Å². The first-order chi connectivity index (χ1) is 6.20. The van der Waals surface area contributed by atoms with Gasteiger partial charge in [-0.1, -0.05) is 19.1 Å². The molecule has 1 rings (SSSR count). The van der Waals surface area contributed by atoms with Crippen molar-refractivity contribution >= 4 is 0 Å². The van der Waals surface area contributed by atoms with Crippen LogP contribution in [-0.4, -0.2) is 12.2 Å². The third-order valence-electron chi connectivity index (χ3n) is 2.09. The minimum atomic E-state index is -0.130. The van der Waals surface area contributed by atoms with Crippen molar-refractivity contribution < 1.29 is 9.84 Å². The SMILES string of the molecule is CC[C@@H](N)c1cccc(OC)c1O. The number of aromatic hydroxyl groups is 1. The zero-order valence-electron chi connectivity index (χ0n) is 7.95. The third kappa shape index (κ3) is 1.92. The van der Waals surface area contributed by atoms with Gasteiger partial charge in [-0.25, -0.2) is 0 Å². The van der Waals surface area contributed by atoms with Crippen LogP contribution in [0.2, 0.25) is 0 Å². The van der Waals surface area contributed by atoms with Gasteiger partial charge in [0.25, 0.3) is 0 Å². The quantitative estimate of drug-likeness (QED) is 0.747. The van der Waals surface area contributed by atoms with Crippen LogP contribution in [0.4, 0.5) is 0 Å². The molecule has 72 valence electrons. The Morgan fingerprint density at radius 2 is 2.23 bits per heavy atom. The van der Waals surface area contributed by atoms with Crippen LogP contribution in [0, 0.1) is 0 Å². The van der Waals surface area contributed by atoms with Crippen LogP contribution in [0.3, 0.4) is 0 Å². The van der Waals surface area contributed by atoms with Crippen LogP contribution in [0.1, 0.15) is 24.9 Å². The Balaban J connectivity index is 3.08. The Morgan fingerprint density at radius 3 is 2.77 bits per heavy atom. The van der Waals surface area contributed by atoms with Crippen molar-refractivity contribution in [1.82, 2.24) is 0 Å². The van der Waals surface area contributed by atoms with E-state index in [9.17, 15) is 5.11 Å². The highest BCUT2D eigenvalue weighted by molar-refractivity contribution is 5.46. The summed E-state index contributed by atoms with van der Waals surface area (Å²) in [6.45, 7) is 1.98. The van der Waals surface area contributed by atoms with Gasteiger partial charge in [0.2, 0.25) is 0 Å². The summed E-state index contributed by atoms with van der Waals surface area (Å²) in [4.78, 5) is 0. The molecule has 13 heavy (non-hydrogen) atoms. The van der Waals surface area contributed by atoms with Gasteiger partial charge in [-0.2, -0.15) is 0 Å². The Labute approximate surface area is 78.1 Å². The first-order valence-electron chi connectivity index (χ1n) is 4.32. The average molecular weight is 181 g/mol. The molecule has 0 amide bonds. The van der Waals surface area contributed by atoms with Crippen LogP contribution in [-0.2, 0) is 0 Å². The molecule has 0 aromatic heterocycles. The van der Waals surface area contributed by atoms with Crippen molar-refractivity contribution in [1.29, 1.82) is 0 Å². The lowest BCUT2D eigenvalue weighted by Crippen LogP contribution is -2.08. The van der Waals surface area contributed by atoms with E-state index in [1.54, 1.807) is 6.07 Å². The highest BCUT2D eigenvalue weighted by atomic mass is 16.5. The van der Waals surface area contributed by atoms with Crippen molar-refractivity contribution in [3.8, 4) is 11.5 Å². The molecule has 3 heteroatoms. The molecule has 3 nitrogen and oxygen atoms in total. The molecule has 0 aliphatic carbocycles. The van der Waals surface area contributed by atoms with Crippen LogP contribution in [0.5, 0.6) is 11.5 Å². The van der Waals surface area contributed by atoms with E-state index >= 15 is 0 Å². The van der Waals surface area contributed by atoms with Crippen LogP contribution < -0.4 is 10.5 Å². The van der Waals surface area contributed by atoms with Gasteiger partial charge in [0.05, 0.1) is 7.11 Å². The molecular weight excluding hydrogens is 166 g/mol. The maximum Gasteiger partial charge on any atom is 0.162 e. The van der Waals surface area contributed by atoms with E-state index in [-0.39, 0.29) is 11.8 Å². The minimum absolute atomic E-state index is 0.130. The molecule has 0 saturated heterocycles. The van der Waals surface area contributed by atoms with Crippen molar-refractivity contribution in [2.24, 2.45) is 5.73 Å². The van der Waals surface area contributed by atoms with E-state index in [0.717, 1.165) is 12.0 Å². The Kier molecular flexibility index (Phi) is 3.14. The van der Waals surface area contributed by atoms with Gasteiger partial charge in [0.15, 0.2) is 11.5 Å². The summed E-state index contributed by atoms with van der Waals surface area (Å²) >= 11 is 0. The lowest BCUT2D eigenvalue weighted by molar-refractivity contribution is 0.368. The number of para-hydroxylation sites is 1. The molecule has 0 aliphatic heterocycles. The Morgan fingerprint density at radius 1 is 1.54 bits per heavy atom. The van der Waals surface area contributed by atoms with E-state index in [2.05, 4.69) is 0 Å². The number of phenolic OH excluding ortho intramolecular Hbond substituents is 1. The molecule has 3 N–H and O–H groups in total. The number of hydrogen-bond donors (Lipinski definition) is 2. The first-order valence-corrected chi connectivity index (χ1v) is 4.32. The van der Waals surface area contributed by atoms with Crippen LogP contribution >= 0.6 is 0 Å². The summed E-state index contributed by atoms with van der Waals surface area (Å²) in [5.74, 6) is 0.626. The Hall–Kier alpha value is -1.22. The molecule has 0 heterocycles. The standard InChI is InChI=1S/C10H15NO2/c1-3-8(11)7-5-4-6-9(13-2)10(7)12/h4-6,8,12H,3,11H2,1-2H3/t8-/m1/s1. The predicted molar refractivity (Wildman–Crippen MR) is 51.9 cm³/mol. The maximum atomic E-state index is 9.69. The minimum Gasteiger partial charge on any atom is -0.504 e. The Bertz CT molecular complexity index is 286. The first kappa shape index (κ1) is 9.86. The molecular formula is C10H15NO2. The number of phenols is 1. The molecule has 0 spiro atoms. The summed E-state index contributed by atoms with van der Waals surface area (Å²) in [6.07, 6.45) is 0.792. The molecule has 1 atom stereocenters. The zero-order chi connectivity index (χ0) is 9.84. The van der Waals surface area contributed by atoms with Crippen LogP contribution in [0.15, 0.2) is 18.2 Å². The van der Waals surface area contributed by atoms with Crippen molar-refractivity contribution in [3.05, 3.63) is 23.8 Å². The van der Waals surface area contributed by atoms with Crippen molar-refractivity contribution in [3.63, 3.8) is 0 Å². The highest BCUT2D eigenvalue weighted by Gasteiger charge is 2.11. The number of ether oxygens (including phenoxy) is 1. The van der Waals surface area contributed by atoms with Crippen LogP contribution in [0.25, 0.3) is 0 Å². The molecule has 1 aromatic carbocycles. The van der Waals surface area contributed by atoms with Gasteiger partial charge in [0.1, 0.15) is 0 Å². The topological polar surface area (TPSA) is 55.5 Å². The summed E-state index contributed by atoms with van der Waals surface area (Å²) in [5.41, 5.74) is 6.54. The maximum absolute atomic E-state index is 9.69. The smallest absolute Gasteiger partial charge is 0.162 e. The molecule has 1 aromatic rings. The third-order valence-corrected chi connectivity index (χ3v) is 2.09.